The van der Waals surface area contributed by atoms with E-state index in [1.165, 1.54) is 6.07 Å². The van der Waals surface area contributed by atoms with Crippen LogP contribution in [-0.4, -0.2) is 28.6 Å². The monoisotopic (exact) mass is 245 g/mol. The summed E-state index contributed by atoms with van der Waals surface area (Å²) in [5, 5.41) is 9.48. The number of esters is 1. The van der Waals surface area contributed by atoms with E-state index in [1.807, 2.05) is 0 Å². The second kappa shape index (κ2) is 4.10. The molecule has 4 nitrogen and oxygen atoms in total. The molecule has 6 heteroatoms. The average molecular weight is 245 g/mol. The number of fused-ring (bicyclic) bond motifs is 1. The normalized spacial score (nSPS) is 22.0. The van der Waals surface area contributed by atoms with Gasteiger partial charge in [-0.25, -0.2) is 13.6 Å². The maximum atomic E-state index is 13.2. The molecule has 1 atom stereocenters. The van der Waals surface area contributed by atoms with E-state index in [4.69, 9.17) is 4.74 Å². The first kappa shape index (κ1) is 12.0. The number of nitrogens with one attached hydrogen (secondary N) is 1. The first-order chi connectivity index (χ1) is 7.95. The third-order valence-electron chi connectivity index (χ3n) is 2.83. The number of aromatic nitrogens is 1. The van der Waals surface area contributed by atoms with Gasteiger partial charge in [0.1, 0.15) is 5.69 Å². The third kappa shape index (κ3) is 2.04. The standard InChI is InChI=1S/C11H13F2NO3/c1-2-17-10(16)7-5-6-3-4-11(12,13)9(15)8(6)14-7/h5,9,14-15H,2-4H2,1H3. The number of ether oxygens (including phenoxy) is 1. The van der Waals surface area contributed by atoms with Crippen LogP contribution >= 0.6 is 0 Å². The minimum absolute atomic E-state index is 0.0179. The molecule has 0 radical (unpaired) electrons. The van der Waals surface area contributed by atoms with Gasteiger partial charge >= 0.3 is 5.97 Å². The molecule has 0 saturated heterocycles. The van der Waals surface area contributed by atoms with Crippen LogP contribution < -0.4 is 0 Å². The predicted molar refractivity (Wildman–Crippen MR) is 55.0 cm³/mol. The molecule has 17 heavy (non-hydrogen) atoms. The lowest BCUT2D eigenvalue weighted by Crippen LogP contribution is -2.31. The molecule has 1 unspecified atom stereocenters. The Morgan fingerprint density at radius 3 is 3.06 bits per heavy atom. The van der Waals surface area contributed by atoms with E-state index in [0.29, 0.717) is 5.56 Å². The second-order valence-electron chi connectivity index (χ2n) is 4.01. The first-order valence-corrected chi connectivity index (χ1v) is 5.40. The van der Waals surface area contributed by atoms with Crippen molar-refractivity contribution in [1.29, 1.82) is 0 Å². The molecule has 1 aliphatic rings. The van der Waals surface area contributed by atoms with Gasteiger partial charge in [0.05, 0.1) is 12.3 Å². The van der Waals surface area contributed by atoms with Crippen LogP contribution in [0.1, 0.15) is 41.2 Å². The lowest BCUT2D eigenvalue weighted by Gasteiger charge is -2.27. The van der Waals surface area contributed by atoms with Gasteiger partial charge in [0, 0.05) is 6.42 Å². The molecule has 0 bridgehead atoms. The predicted octanol–water partition coefficient (Wildman–Crippen LogP) is 1.81. The molecule has 2 N–H and O–H groups in total. The first-order valence-electron chi connectivity index (χ1n) is 5.40. The van der Waals surface area contributed by atoms with E-state index in [-0.39, 0.29) is 24.4 Å². The topological polar surface area (TPSA) is 62.3 Å². The number of hydrogen-bond donors (Lipinski definition) is 2. The highest BCUT2D eigenvalue weighted by molar-refractivity contribution is 5.88. The van der Waals surface area contributed by atoms with Crippen LogP contribution in [-0.2, 0) is 11.2 Å². The van der Waals surface area contributed by atoms with E-state index >= 15 is 0 Å². The van der Waals surface area contributed by atoms with Gasteiger partial charge in [-0.3, -0.25) is 0 Å². The number of rotatable bonds is 2. The molecule has 1 aromatic heterocycles. The summed E-state index contributed by atoms with van der Waals surface area (Å²) in [5.74, 6) is -3.75. The van der Waals surface area contributed by atoms with Crippen molar-refractivity contribution in [3.63, 3.8) is 0 Å². The Morgan fingerprint density at radius 1 is 1.71 bits per heavy atom. The molecular weight excluding hydrogens is 232 g/mol. The van der Waals surface area contributed by atoms with E-state index < -0.39 is 24.4 Å². The molecule has 1 aliphatic carbocycles. The van der Waals surface area contributed by atoms with Crippen LogP contribution in [0.3, 0.4) is 0 Å². The van der Waals surface area contributed by atoms with Gasteiger partial charge in [-0.15, -0.1) is 0 Å². The fourth-order valence-corrected chi connectivity index (χ4v) is 1.93. The smallest absolute Gasteiger partial charge is 0.354 e. The number of carbonyl (C=O) groups excluding carboxylic acids is 1. The van der Waals surface area contributed by atoms with Crippen LogP contribution in [0.5, 0.6) is 0 Å². The Bertz CT molecular complexity index is 442. The summed E-state index contributed by atoms with van der Waals surface area (Å²) in [4.78, 5) is 13.9. The molecule has 0 aromatic carbocycles. The van der Waals surface area contributed by atoms with Crippen molar-refractivity contribution in [1.82, 2.24) is 4.98 Å². The van der Waals surface area contributed by atoms with Crippen LogP contribution in [0.2, 0.25) is 0 Å². The van der Waals surface area contributed by atoms with Crippen molar-refractivity contribution in [3.05, 3.63) is 23.0 Å². The minimum atomic E-state index is -3.15. The largest absolute Gasteiger partial charge is 0.461 e. The molecule has 0 amide bonds. The zero-order valence-corrected chi connectivity index (χ0v) is 9.30. The Labute approximate surface area is 96.6 Å². The van der Waals surface area contributed by atoms with E-state index in [0.717, 1.165) is 0 Å². The Kier molecular flexibility index (Phi) is 2.91. The summed E-state index contributed by atoms with van der Waals surface area (Å²) in [5.41, 5.74) is 0.671. The summed E-state index contributed by atoms with van der Waals surface area (Å²) in [6.45, 7) is 1.87. The van der Waals surface area contributed by atoms with Crippen molar-refractivity contribution in [2.45, 2.75) is 31.8 Å². The van der Waals surface area contributed by atoms with Crippen LogP contribution in [0.25, 0.3) is 0 Å². The number of H-pyrrole nitrogens is 1. The van der Waals surface area contributed by atoms with Gasteiger partial charge in [0.15, 0.2) is 6.10 Å². The fourth-order valence-electron chi connectivity index (χ4n) is 1.93. The van der Waals surface area contributed by atoms with Gasteiger partial charge in [-0.05, 0) is 25.0 Å². The van der Waals surface area contributed by atoms with Gasteiger partial charge in [0.25, 0.3) is 5.92 Å². The summed E-state index contributed by atoms with van der Waals surface area (Å²) in [6, 6.07) is 1.46. The molecule has 0 spiro atoms. The van der Waals surface area contributed by atoms with Crippen molar-refractivity contribution in [2.24, 2.45) is 0 Å². The second-order valence-corrected chi connectivity index (χ2v) is 4.01. The number of aliphatic hydroxyl groups is 1. The van der Waals surface area contributed by atoms with E-state index in [9.17, 15) is 18.7 Å². The van der Waals surface area contributed by atoms with Gasteiger partial charge in [-0.2, -0.15) is 0 Å². The van der Waals surface area contributed by atoms with E-state index in [2.05, 4.69) is 4.98 Å². The zero-order valence-electron chi connectivity index (χ0n) is 9.30. The lowest BCUT2D eigenvalue weighted by molar-refractivity contribution is -0.123. The Morgan fingerprint density at radius 2 is 2.41 bits per heavy atom. The number of carbonyl (C=O) groups is 1. The molecule has 1 aromatic rings. The highest BCUT2D eigenvalue weighted by Crippen LogP contribution is 2.41. The lowest BCUT2D eigenvalue weighted by atomic mass is 9.92. The summed E-state index contributed by atoms with van der Waals surface area (Å²) in [6.07, 6.45) is -2.16. The van der Waals surface area contributed by atoms with Crippen LogP contribution in [0.15, 0.2) is 6.07 Å². The fraction of sp³-hybridized carbons (Fsp3) is 0.545. The zero-order chi connectivity index (χ0) is 12.6. The average Bonchev–Trinajstić information content (AvgIpc) is 2.69. The molecule has 0 fully saturated rings. The highest BCUT2D eigenvalue weighted by atomic mass is 19.3. The minimum Gasteiger partial charge on any atom is -0.461 e. The van der Waals surface area contributed by atoms with Crippen molar-refractivity contribution in [3.8, 4) is 0 Å². The summed E-state index contributed by atoms with van der Waals surface area (Å²) < 4.78 is 31.3. The van der Waals surface area contributed by atoms with Crippen molar-refractivity contribution < 1.29 is 23.4 Å². The third-order valence-corrected chi connectivity index (χ3v) is 2.83. The molecule has 94 valence electrons. The number of aromatic amines is 1. The van der Waals surface area contributed by atoms with E-state index in [1.54, 1.807) is 6.92 Å². The van der Waals surface area contributed by atoms with Gasteiger partial charge in [-0.1, -0.05) is 0 Å². The quantitative estimate of drug-likeness (QED) is 0.781. The molecule has 0 aliphatic heterocycles. The number of aliphatic hydroxyl groups excluding tert-OH is 1. The number of alkyl halides is 2. The van der Waals surface area contributed by atoms with Crippen molar-refractivity contribution in [2.75, 3.05) is 6.61 Å². The van der Waals surface area contributed by atoms with Crippen LogP contribution in [0.4, 0.5) is 8.78 Å². The number of aryl methyl sites for hydroxylation is 1. The Hall–Kier alpha value is -1.43. The molecule has 0 saturated carbocycles. The number of halogens is 2. The highest BCUT2D eigenvalue weighted by Gasteiger charge is 2.44. The maximum Gasteiger partial charge on any atom is 0.354 e. The molecular formula is C11H13F2NO3. The Balaban J connectivity index is 2.31. The SMILES string of the molecule is CCOC(=O)c1cc2c([nH]1)C(O)C(F)(F)CC2. The number of hydrogen-bond acceptors (Lipinski definition) is 3. The summed E-state index contributed by atoms with van der Waals surface area (Å²) in [7, 11) is 0. The molecule has 2 rings (SSSR count). The van der Waals surface area contributed by atoms with Crippen molar-refractivity contribution >= 4 is 5.97 Å². The van der Waals surface area contributed by atoms with Crippen LogP contribution in [0, 0.1) is 0 Å². The summed E-state index contributed by atoms with van der Waals surface area (Å²) >= 11 is 0. The van der Waals surface area contributed by atoms with Gasteiger partial charge in [0.2, 0.25) is 0 Å². The van der Waals surface area contributed by atoms with Gasteiger partial charge < -0.3 is 14.8 Å². The molecule has 1 heterocycles. The maximum absolute atomic E-state index is 13.2.